The van der Waals surface area contributed by atoms with Crippen LogP contribution in [0.25, 0.3) is 0 Å². The minimum absolute atomic E-state index is 0.317. The van der Waals surface area contributed by atoms with Gasteiger partial charge in [0.15, 0.2) is 5.92 Å². The Bertz CT molecular complexity index is 2610. The molecule has 0 heterocycles. The average Bonchev–Trinajstić information content (AvgIpc) is 3.37. The van der Waals surface area contributed by atoms with Gasteiger partial charge >= 0.3 is 29.8 Å². The topological polar surface area (TPSA) is 378 Å². The maximum atomic E-state index is 15.2. The molecule has 0 unspecified atom stereocenters. The van der Waals surface area contributed by atoms with Crippen LogP contribution in [-0.2, 0) is 57.5 Å². The normalized spacial score (nSPS) is 13.3. The van der Waals surface area contributed by atoms with Crippen LogP contribution < -0.4 is 31.9 Å². The molecule has 24 heteroatoms. The second kappa shape index (κ2) is 28.3. The van der Waals surface area contributed by atoms with Gasteiger partial charge in [0, 0.05) is 37.4 Å². The molecule has 23 nitrogen and oxygen atoms in total. The largest absolute Gasteiger partial charge is 0.481 e. The highest BCUT2D eigenvalue weighted by Crippen LogP contribution is 2.31. The van der Waals surface area contributed by atoms with Crippen molar-refractivity contribution in [2.75, 3.05) is 5.75 Å². The summed E-state index contributed by atoms with van der Waals surface area (Å²) >= 11 is 4.05. The number of benzene rings is 4. The van der Waals surface area contributed by atoms with Gasteiger partial charge in [-0.25, -0.2) is 4.79 Å². The van der Waals surface area contributed by atoms with E-state index in [-0.39, 0.29) is 0 Å². The lowest BCUT2D eigenvalue weighted by atomic mass is 9.83. The van der Waals surface area contributed by atoms with Gasteiger partial charge in [0.2, 0.25) is 35.4 Å². The van der Waals surface area contributed by atoms with Crippen LogP contribution in [0.3, 0.4) is 0 Å². The molecule has 0 aliphatic rings. The number of hydrogen-bond acceptors (Lipinski definition) is 13. The summed E-state index contributed by atoms with van der Waals surface area (Å²) in [5.74, 6) is -22.8. The zero-order chi connectivity index (χ0) is 55.4. The third-order valence-electron chi connectivity index (χ3n) is 11.5. The van der Waals surface area contributed by atoms with E-state index in [2.05, 4.69) is 44.5 Å². The first-order valence-electron chi connectivity index (χ1n) is 22.9. The maximum absolute atomic E-state index is 15.2. The smallest absolute Gasteiger partial charge is 0.374 e. The first-order valence-corrected chi connectivity index (χ1v) is 23.5. The number of nitrogens with one attached hydrogen (secondary N) is 6. The molecule has 11 N–H and O–H groups in total. The van der Waals surface area contributed by atoms with Gasteiger partial charge in [-0.3, -0.25) is 52.7 Å². The fraction of sp³-hybridized carbons (Fsp3) is 0.294. The van der Waals surface area contributed by atoms with Gasteiger partial charge in [0.1, 0.15) is 36.3 Å². The van der Waals surface area contributed by atoms with Gasteiger partial charge in [-0.15, -0.1) is 0 Å². The molecule has 0 saturated heterocycles. The second-order valence-corrected chi connectivity index (χ2v) is 17.2. The van der Waals surface area contributed by atoms with E-state index in [9.17, 15) is 78.3 Å². The molecule has 6 amide bonds. The fourth-order valence-electron chi connectivity index (χ4n) is 7.98. The highest BCUT2D eigenvalue weighted by atomic mass is 32.1. The summed E-state index contributed by atoms with van der Waals surface area (Å²) in [6.45, 7) is 0.946. The Balaban J connectivity index is 1.90. The van der Waals surface area contributed by atoms with Gasteiger partial charge in [-0.1, -0.05) is 121 Å². The number of hydrogen-bond donors (Lipinski definition) is 12. The number of Topliss-reactive ketones (excluding diaryl/α,β-unsaturated/α-hetero) is 1. The number of carboxylic acid groups (broad SMARTS) is 5. The van der Waals surface area contributed by atoms with Crippen molar-refractivity contribution in [3.8, 4) is 0 Å². The lowest BCUT2D eigenvalue weighted by Crippen LogP contribution is -2.61. The standard InChI is InChI=1S/C51H54N6O17S/c1-27(58)52-35(25-38(61)62)45(65)54-34(24-32(49(69)70)50(71)72)46(66)57-41(39(28-14-6-2-7-15-28)29-16-8-3-9-17-29)47(67)53-33(22-23-37(59)60)44(64)56-42(48(68)55-36(26-75)43(63)51(73)74)40(30-18-10-4-11-19-30)31-20-12-5-13-21-31/h2-21,32-36,39-42,75H,22-26H2,1H3,(H,52,58)(H,53,67)(H,54,65)(H,55,68)(H,56,64)(H,57,66)(H,59,60)(H,61,62)(H,69,70)(H,71,72)(H,73,74)/t33-,34+,35-,36-,41-,42-/m0/s1. The van der Waals surface area contributed by atoms with Crippen molar-refractivity contribution in [2.24, 2.45) is 5.92 Å². The molecule has 0 bridgehead atoms. The molecular weight excluding hydrogens is 1000 g/mol. The van der Waals surface area contributed by atoms with Gasteiger partial charge < -0.3 is 57.4 Å². The number of ketones is 1. The number of carboxylic acids is 5. The summed E-state index contributed by atoms with van der Waals surface area (Å²) in [7, 11) is 0. The molecule has 0 aromatic heterocycles. The summed E-state index contributed by atoms with van der Waals surface area (Å²) in [5, 5.41) is 62.5. The molecule has 4 rings (SSSR count). The highest BCUT2D eigenvalue weighted by molar-refractivity contribution is 7.80. The summed E-state index contributed by atoms with van der Waals surface area (Å²) < 4.78 is 0. The van der Waals surface area contributed by atoms with E-state index < -0.39 is 157 Å². The predicted octanol–water partition coefficient (Wildman–Crippen LogP) is 0.678. The number of rotatable bonds is 29. The minimum Gasteiger partial charge on any atom is -0.481 e. The fourth-order valence-corrected chi connectivity index (χ4v) is 8.24. The van der Waals surface area contributed by atoms with Gasteiger partial charge in [0.05, 0.1) is 6.42 Å². The highest BCUT2D eigenvalue weighted by Gasteiger charge is 2.42. The van der Waals surface area contributed by atoms with Crippen molar-refractivity contribution in [2.45, 2.75) is 80.7 Å². The Labute approximate surface area is 433 Å². The van der Waals surface area contributed by atoms with Crippen molar-refractivity contribution in [3.05, 3.63) is 144 Å². The number of aliphatic carboxylic acids is 5. The quantitative estimate of drug-likeness (QED) is 0.0202. The molecule has 4 aromatic carbocycles. The van der Waals surface area contributed by atoms with Gasteiger partial charge in [-0.05, 0) is 28.7 Å². The lowest BCUT2D eigenvalue weighted by molar-refractivity contribution is -0.156. The molecule has 75 heavy (non-hydrogen) atoms. The molecule has 0 aliphatic heterocycles. The van der Waals surface area contributed by atoms with E-state index in [1.165, 1.54) is 0 Å². The molecule has 0 fully saturated rings. The number of thiol groups is 1. The molecule has 0 spiro atoms. The number of carbonyl (C=O) groups is 12. The van der Waals surface area contributed by atoms with Crippen LogP contribution in [0.15, 0.2) is 121 Å². The maximum Gasteiger partial charge on any atom is 0.374 e. The van der Waals surface area contributed by atoms with Crippen LogP contribution in [0.1, 0.15) is 66.7 Å². The monoisotopic (exact) mass is 1050 g/mol. The SMILES string of the molecule is CC(=O)N[C@@H](CC(=O)O)C(=O)N[C@H](CC(C(=O)O)C(=O)O)C(=O)N[C@H](C(=O)N[C@@H](CCC(=O)O)C(=O)N[C@H](C(=O)N[C@@H](CS)C(=O)C(=O)O)C(c1ccccc1)c1ccccc1)C(c1ccccc1)c1ccccc1. The molecule has 0 aliphatic carbocycles. The first kappa shape index (κ1) is 58.6. The summed E-state index contributed by atoms with van der Waals surface area (Å²) in [5.41, 5.74) is 1.47. The zero-order valence-corrected chi connectivity index (χ0v) is 40.8. The van der Waals surface area contributed by atoms with Crippen LogP contribution >= 0.6 is 12.6 Å². The average molecular weight is 1060 g/mol. The third-order valence-corrected chi connectivity index (χ3v) is 11.9. The second-order valence-electron chi connectivity index (χ2n) is 16.9. The Morgan fingerprint density at radius 3 is 1.13 bits per heavy atom. The predicted molar refractivity (Wildman–Crippen MR) is 266 cm³/mol. The summed E-state index contributed by atoms with van der Waals surface area (Å²) in [6, 6.07) is 20.7. The van der Waals surface area contributed by atoms with Crippen LogP contribution in [0.5, 0.6) is 0 Å². The molecule has 0 saturated carbocycles. The van der Waals surface area contributed by atoms with Crippen molar-refractivity contribution in [1.82, 2.24) is 31.9 Å². The van der Waals surface area contributed by atoms with E-state index in [0.717, 1.165) is 6.92 Å². The number of amides is 6. The van der Waals surface area contributed by atoms with Crippen LogP contribution in [0.4, 0.5) is 0 Å². The molecule has 6 atom stereocenters. The van der Waals surface area contributed by atoms with Crippen LogP contribution in [0.2, 0.25) is 0 Å². The molecule has 4 aromatic rings. The van der Waals surface area contributed by atoms with E-state index >= 15 is 4.79 Å². The van der Waals surface area contributed by atoms with Crippen molar-refractivity contribution < 1.29 is 83.1 Å². The Morgan fingerprint density at radius 2 is 0.800 bits per heavy atom. The molecule has 396 valence electrons. The van der Waals surface area contributed by atoms with Gasteiger partial charge in [0.25, 0.3) is 5.78 Å². The summed E-state index contributed by atoms with van der Waals surface area (Å²) in [6.07, 6.45) is -3.74. The number of carbonyl (C=O) groups excluding carboxylic acids is 7. The van der Waals surface area contributed by atoms with Crippen molar-refractivity contribution in [1.29, 1.82) is 0 Å². The Hall–Kier alpha value is -8.93. The minimum atomic E-state index is -2.40. The van der Waals surface area contributed by atoms with E-state index in [1.807, 2.05) is 0 Å². The Morgan fingerprint density at radius 1 is 0.440 bits per heavy atom. The lowest BCUT2D eigenvalue weighted by Gasteiger charge is -2.33. The van der Waals surface area contributed by atoms with E-state index in [1.54, 1.807) is 121 Å². The van der Waals surface area contributed by atoms with Crippen molar-refractivity contribution >= 4 is 83.7 Å². The van der Waals surface area contributed by atoms with Crippen LogP contribution in [-0.4, -0.2) is 139 Å². The van der Waals surface area contributed by atoms with Crippen LogP contribution in [0, 0.1) is 5.92 Å². The molecule has 0 radical (unpaired) electrons. The first-order chi connectivity index (χ1) is 35.6. The van der Waals surface area contributed by atoms with Gasteiger partial charge in [-0.2, -0.15) is 12.6 Å². The summed E-state index contributed by atoms with van der Waals surface area (Å²) in [4.78, 5) is 157. The zero-order valence-electron chi connectivity index (χ0n) is 39.9. The Kier molecular flexibility index (Phi) is 22.2. The van der Waals surface area contributed by atoms with Crippen molar-refractivity contribution in [3.63, 3.8) is 0 Å². The molecular formula is C51H54N6O17S. The third kappa shape index (κ3) is 17.4. The van der Waals surface area contributed by atoms with E-state index in [0.29, 0.717) is 22.3 Å². The van der Waals surface area contributed by atoms with E-state index in [4.69, 9.17) is 0 Å².